The van der Waals surface area contributed by atoms with E-state index >= 15 is 0 Å². The van der Waals surface area contributed by atoms with Crippen LogP contribution in [0.1, 0.15) is 19.3 Å². The van der Waals surface area contributed by atoms with Crippen LogP contribution in [0.3, 0.4) is 0 Å². The van der Waals surface area contributed by atoms with Crippen LogP contribution in [0.4, 0.5) is 11.5 Å². The van der Waals surface area contributed by atoms with Crippen molar-refractivity contribution >= 4 is 11.5 Å². The van der Waals surface area contributed by atoms with E-state index in [2.05, 4.69) is 22.4 Å². The van der Waals surface area contributed by atoms with Crippen LogP contribution in [0.25, 0.3) is 0 Å². The first-order valence-electron chi connectivity index (χ1n) is 6.36. The van der Waals surface area contributed by atoms with Crippen LogP contribution >= 0.6 is 0 Å². The minimum Gasteiger partial charge on any atom is -0.394 e. The molecular formula is C12H23N5. The van der Waals surface area contributed by atoms with E-state index < -0.39 is 0 Å². The average molecular weight is 237 g/mol. The molecule has 2 heterocycles. The zero-order valence-electron chi connectivity index (χ0n) is 10.8. The number of nitrogens with two attached hydrogens (primary N) is 1. The molecule has 0 spiro atoms. The normalized spacial score (nSPS) is 18.5. The van der Waals surface area contributed by atoms with Gasteiger partial charge >= 0.3 is 0 Å². The number of aryl methyl sites for hydroxylation is 1. The van der Waals surface area contributed by atoms with Crippen LogP contribution in [0.2, 0.25) is 0 Å². The lowest BCUT2D eigenvalue weighted by molar-refractivity contribution is 0.215. The Morgan fingerprint density at radius 3 is 2.71 bits per heavy atom. The minimum atomic E-state index is 0.732. The van der Waals surface area contributed by atoms with E-state index in [1.54, 1.807) is 4.68 Å². The fourth-order valence-corrected chi connectivity index (χ4v) is 2.39. The number of aromatic nitrogens is 2. The van der Waals surface area contributed by atoms with Crippen LogP contribution in [0.15, 0.2) is 6.20 Å². The number of nitrogens with zero attached hydrogens (tertiary/aromatic N) is 3. The predicted octanol–water partition coefficient (Wildman–Crippen LogP) is 1.15. The molecule has 3 N–H and O–H groups in total. The number of likely N-dealkylation sites (tertiary alicyclic amines) is 1. The van der Waals surface area contributed by atoms with Crippen LogP contribution in [-0.2, 0) is 7.05 Å². The van der Waals surface area contributed by atoms with Gasteiger partial charge in [-0.2, -0.15) is 5.10 Å². The average Bonchev–Trinajstić information content (AvgIpc) is 2.60. The maximum atomic E-state index is 5.83. The Balaban J connectivity index is 1.71. The molecule has 0 amide bonds. The van der Waals surface area contributed by atoms with Crippen molar-refractivity contribution in [2.24, 2.45) is 13.0 Å². The van der Waals surface area contributed by atoms with Gasteiger partial charge in [0.25, 0.3) is 0 Å². The Morgan fingerprint density at radius 2 is 2.12 bits per heavy atom. The summed E-state index contributed by atoms with van der Waals surface area (Å²) in [6.45, 7) is 3.43. The Morgan fingerprint density at radius 1 is 1.41 bits per heavy atom. The maximum absolute atomic E-state index is 5.83. The number of nitrogens with one attached hydrogen (secondary N) is 1. The van der Waals surface area contributed by atoms with Gasteiger partial charge in [0.15, 0.2) is 5.82 Å². The third-order valence-electron chi connectivity index (χ3n) is 3.54. The largest absolute Gasteiger partial charge is 0.394 e. The molecule has 1 fully saturated rings. The van der Waals surface area contributed by atoms with Crippen molar-refractivity contribution in [2.45, 2.75) is 19.3 Å². The molecule has 0 atom stereocenters. The summed E-state index contributed by atoms with van der Waals surface area (Å²) in [5.41, 5.74) is 6.56. The Hall–Kier alpha value is -1.23. The second-order valence-electron chi connectivity index (χ2n) is 5.07. The molecule has 0 aliphatic carbocycles. The molecule has 1 aromatic rings. The summed E-state index contributed by atoms with van der Waals surface area (Å²) in [5.74, 6) is 1.67. The van der Waals surface area contributed by atoms with Crippen molar-refractivity contribution in [3.63, 3.8) is 0 Å². The first-order chi connectivity index (χ1) is 8.15. The van der Waals surface area contributed by atoms with Crippen LogP contribution < -0.4 is 11.1 Å². The van der Waals surface area contributed by atoms with Crippen molar-refractivity contribution in [3.05, 3.63) is 6.20 Å². The summed E-state index contributed by atoms with van der Waals surface area (Å²) in [6, 6.07) is 0. The van der Waals surface area contributed by atoms with Gasteiger partial charge in [0.05, 0.1) is 5.69 Å². The lowest BCUT2D eigenvalue weighted by Gasteiger charge is -2.28. The van der Waals surface area contributed by atoms with E-state index in [0.29, 0.717) is 0 Å². The minimum absolute atomic E-state index is 0.732. The van der Waals surface area contributed by atoms with Gasteiger partial charge in [-0.15, -0.1) is 0 Å². The quantitative estimate of drug-likeness (QED) is 0.824. The van der Waals surface area contributed by atoms with Gasteiger partial charge in [-0.05, 0) is 45.3 Å². The van der Waals surface area contributed by atoms with E-state index in [-0.39, 0.29) is 0 Å². The first-order valence-corrected chi connectivity index (χ1v) is 6.36. The first kappa shape index (κ1) is 12.2. The van der Waals surface area contributed by atoms with E-state index in [4.69, 9.17) is 5.73 Å². The lowest BCUT2D eigenvalue weighted by atomic mass is 9.94. The topological polar surface area (TPSA) is 59.1 Å². The SMILES string of the molecule is CN1CCC(CCNc2nn(C)cc2N)CC1. The molecule has 0 saturated carbocycles. The third-order valence-corrected chi connectivity index (χ3v) is 3.54. The Kier molecular flexibility index (Phi) is 3.89. The molecule has 1 aliphatic rings. The standard InChI is InChI=1S/C12H23N5/c1-16-7-4-10(5-8-16)3-6-14-12-11(13)9-17(2)15-12/h9-10H,3-8,13H2,1-2H3,(H,14,15). The van der Waals surface area contributed by atoms with E-state index in [9.17, 15) is 0 Å². The van der Waals surface area contributed by atoms with E-state index in [1.165, 1.54) is 32.4 Å². The van der Waals surface area contributed by atoms with Gasteiger partial charge in [0, 0.05) is 19.8 Å². The smallest absolute Gasteiger partial charge is 0.171 e. The molecule has 96 valence electrons. The molecule has 2 rings (SSSR count). The molecule has 1 saturated heterocycles. The van der Waals surface area contributed by atoms with Crippen LogP contribution in [0.5, 0.6) is 0 Å². The van der Waals surface area contributed by atoms with E-state index in [0.717, 1.165) is 24.0 Å². The Bertz CT molecular complexity index is 352. The van der Waals surface area contributed by atoms with Gasteiger partial charge in [0.1, 0.15) is 0 Å². The van der Waals surface area contributed by atoms with Gasteiger partial charge in [-0.1, -0.05) is 0 Å². The molecule has 1 aliphatic heterocycles. The molecule has 0 aromatic carbocycles. The van der Waals surface area contributed by atoms with Gasteiger partial charge in [0.2, 0.25) is 0 Å². The summed E-state index contributed by atoms with van der Waals surface area (Å²) in [6.07, 6.45) is 5.67. The number of rotatable bonds is 4. The maximum Gasteiger partial charge on any atom is 0.171 e. The third kappa shape index (κ3) is 3.36. The van der Waals surface area contributed by atoms with E-state index in [1.807, 2.05) is 13.2 Å². The molecule has 5 nitrogen and oxygen atoms in total. The van der Waals surface area contributed by atoms with Gasteiger partial charge in [-0.25, -0.2) is 0 Å². The molecule has 0 radical (unpaired) electrons. The van der Waals surface area contributed by atoms with Gasteiger partial charge in [-0.3, -0.25) is 4.68 Å². The molecule has 0 unspecified atom stereocenters. The van der Waals surface area contributed by atoms with Crippen molar-refractivity contribution in [1.29, 1.82) is 0 Å². The summed E-state index contributed by atoms with van der Waals surface area (Å²) < 4.78 is 1.74. The highest BCUT2D eigenvalue weighted by molar-refractivity contribution is 5.59. The number of hydrogen-bond donors (Lipinski definition) is 2. The summed E-state index contributed by atoms with van der Waals surface area (Å²) in [5, 5.41) is 7.60. The van der Waals surface area contributed by atoms with Crippen molar-refractivity contribution < 1.29 is 0 Å². The summed E-state index contributed by atoms with van der Waals surface area (Å²) in [7, 11) is 4.08. The summed E-state index contributed by atoms with van der Waals surface area (Å²) in [4.78, 5) is 2.40. The molecule has 0 bridgehead atoms. The second kappa shape index (κ2) is 5.40. The second-order valence-corrected chi connectivity index (χ2v) is 5.07. The number of piperidine rings is 1. The lowest BCUT2D eigenvalue weighted by Crippen LogP contribution is -2.30. The summed E-state index contributed by atoms with van der Waals surface area (Å²) >= 11 is 0. The number of hydrogen-bond acceptors (Lipinski definition) is 4. The Labute approximate surface area is 103 Å². The molecule has 1 aromatic heterocycles. The zero-order valence-corrected chi connectivity index (χ0v) is 10.8. The highest BCUT2D eigenvalue weighted by Gasteiger charge is 2.16. The zero-order chi connectivity index (χ0) is 12.3. The fraction of sp³-hybridized carbons (Fsp3) is 0.750. The fourth-order valence-electron chi connectivity index (χ4n) is 2.39. The number of anilines is 2. The van der Waals surface area contributed by atoms with Crippen molar-refractivity contribution in [2.75, 3.05) is 37.7 Å². The predicted molar refractivity (Wildman–Crippen MR) is 70.9 cm³/mol. The van der Waals surface area contributed by atoms with Crippen LogP contribution in [0, 0.1) is 5.92 Å². The molecule has 5 heteroatoms. The van der Waals surface area contributed by atoms with Crippen LogP contribution in [-0.4, -0.2) is 41.4 Å². The van der Waals surface area contributed by atoms with Crippen molar-refractivity contribution in [3.8, 4) is 0 Å². The molecular weight excluding hydrogens is 214 g/mol. The monoisotopic (exact) mass is 237 g/mol. The molecule has 17 heavy (non-hydrogen) atoms. The highest BCUT2D eigenvalue weighted by atomic mass is 15.3. The highest BCUT2D eigenvalue weighted by Crippen LogP contribution is 2.20. The number of nitrogen functional groups attached to an aromatic ring is 1. The van der Waals surface area contributed by atoms with Gasteiger partial charge < -0.3 is 16.0 Å². The van der Waals surface area contributed by atoms with Crippen molar-refractivity contribution in [1.82, 2.24) is 14.7 Å².